The third-order valence-electron chi connectivity index (χ3n) is 3.04. The van der Waals surface area contributed by atoms with Crippen molar-refractivity contribution in [2.24, 2.45) is 0 Å². The second-order valence-electron chi connectivity index (χ2n) is 4.50. The van der Waals surface area contributed by atoms with Crippen molar-refractivity contribution in [2.45, 2.75) is 13.5 Å². The maximum Gasteiger partial charge on any atom is 0.335 e. The lowest BCUT2D eigenvalue weighted by Crippen LogP contribution is -2.03. The van der Waals surface area contributed by atoms with E-state index < -0.39 is 5.97 Å². The zero-order chi connectivity index (χ0) is 14.5. The molecular weight excluding hydrogens is 252 g/mol. The monoisotopic (exact) mass is 266 g/mol. The first-order valence-electron chi connectivity index (χ1n) is 6.17. The van der Waals surface area contributed by atoms with Gasteiger partial charge in [-0.05, 0) is 48.4 Å². The molecule has 20 heavy (non-hydrogen) atoms. The highest BCUT2D eigenvalue weighted by Gasteiger charge is 2.06. The lowest BCUT2D eigenvalue weighted by molar-refractivity contribution is 0.0696. The molecule has 0 atom stereocenters. The van der Waals surface area contributed by atoms with Gasteiger partial charge in [-0.25, -0.2) is 4.79 Å². The molecule has 0 heterocycles. The third-order valence-corrected chi connectivity index (χ3v) is 3.04. The molecule has 0 saturated carbocycles. The second kappa shape index (κ2) is 5.89. The van der Waals surface area contributed by atoms with Crippen LogP contribution in [0.3, 0.4) is 0 Å². The van der Waals surface area contributed by atoms with E-state index in [9.17, 15) is 4.79 Å². The van der Waals surface area contributed by atoms with Crippen molar-refractivity contribution in [1.29, 1.82) is 5.26 Å². The molecule has 0 saturated heterocycles. The smallest absolute Gasteiger partial charge is 0.335 e. The number of aryl methyl sites for hydroxylation is 1. The van der Waals surface area contributed by atoms with Crippen LogP contribution in [-0.4, -0.2) is 11.1 Å². The number of nitrogens with one attached hydrogen (secondary N) is 1. The number of carboxylic acids is 1. The van der Waals surface area contributed by atoms with Crippen LogP contribution in [-0.2, 0) is 6.54 Å². The van der Waals surface area contributed by atoms with Crippen LogP contribution in [0.1, 0.15) is 27.0 Å². The fraction of sp³-hybridized carbons (Fsp3) is 0.125. The Balaban J connectivity index is 2.05. The second-order valence-corrected chi connectivity index (χ2v) is 4.50. The number of carboxylic acid groups (broad SMARTS) is 1. The van der Waals surface area contributed by atoms with Crippen LogP contribution in [0.5, 0.6) is 0 Å². The van der Waals surface area contributed by atoms with Crippen LogP contribution in [0.25, 0.3) is 0 Å². The van der Waals surface area contributed by atoms with Crippen molar-refractivity contribution in [3.05, 3.63) is 64.7 Å². The Hall–Kier alpha value is -2.80. The number of rotatable bonds is 4. The van der Waals surface area contributed by atoms with Gasteiger partial charge in [0.05, 0.1) is 17.2 Å². The minimum absolute atomic E-state index is 0.314. The van der Waals surface area contributed by atoms with E-state index in [2.05, 4.69) is 11.4 Å². The topological polar surface area (TPSA) is 73.1 Å². The van der Waals surface area contributed by atoms with Crippen LogP contribution in [0.4, 0.5) is 5.69 Å². The van der Waals surface area contributed by atoms with Gasteiger partial charge in [-0.2, -0.15) is 5.26 Å². The van der Waals surface area contributed by atoms with Gasteiger partial charge in [0.1, 0.15) is 0 Å². The average Bonchev–Trinajstić information content (AvgIpc) is 2.45. The Morgan fingerprint density at radius 2 is 1.95 bits per heavy atom. The first-order valence-corrected chi connectivity index (χ1v) is 6.17. The molecule has 4 nitrogen and oxygen atoms in total. The summed E-state index contributed by atoms with van der Waals surface area (Å²) in [5, 5.41) is 20.9. The van der Waals surface area contributed by atoms with Crippen LogP contribution in [0.15, 0.2) is 42.5 Å². The molecule has 0 bridgehead atoms. The molecule has 2 rings (SSSR count). The van der Waals surface area contributed by atoms with E-state index in [1.54, 1.807) is 31.2 Å². The van der Waals surface area contributed by atoms with E-state index in [0.717, 1.165) is 16.8 Å². The third kappa shape index (κ3) is 3.15. The van der Waals surface area contributed by atoms with Crippen molar-refractivity contribution in [3.8, 4) is 6.07 Å². The van der Waals surface area contributed by atoms with E-state index in [1.807, 2.05) is 18.2 Å². The standard InChI is InChI=1S/C16H14N2O2/c1-11-8-14(6-7-15(11)16(19)20)18-10-13-4-2-12(9-17)3-5-13/h2-8,18H,10H2,1H3,(H,19,20). The fourth-order valence-corrected chi connectivity index (χ4v) is 1.91. The minimum atomic E-state index is -0.916. The molecule has 0 amide bonds. The Morgan fingerprint density at radius 3 is 2.50 bits per heavy atom. The molecule has 0 aliphatic rings. The number of anilines is 1. The maximum absolute atomic E-state index is 10.9. The quantitative estimate of drug-likeness (QED) is 0.891. The zero-order valence-electron chi connectivity index (χ0n) is 11.1. The first kappa shape index (κ1) is 13.6. The first-order chi connectivity index (χ1) is 9.60. The lowest BCUT2D eigenvalue weighted by Gasteiger charge is -2.09. The predicted molar refractivity (Wildman–Crippen MR) is 76.6 cm³/mol. The van der Waals surface area contributed by atoms with Gasteiger partial charge in [0, 0.05) is 12.2 Å². The van der Waals surface area contributed by atoms with E-state index in [0.29, 0.717) is 17.7 Å². The summed E-state index contributed by atoms with van der Waals surface area (Å²) >= 11 is 0. The van der Waals surface area contributed by atoms with Crippen molar-refractivity contribution >= 4 is 11.7 Å². The number of hydrogen-bond donors (Lipinski definition) is 2. The van der Waals surface area contributed by atoms with Gasteiger partial charge in [-0.15, -0.1) is 0 Å². The van der Waals surface area contributed by atoms with Crippen molar-refractivity contribution in [1.82, 2.24) is 0 Å². The predicted octanol–water partition coefficient (Wildman–Crippen LogP) is 3.18. The molecule has 0 spiro atoms. The zero-order valence-corrected chi connectivity index (χ0v) is 11.1. The van der Waals surface area contributed by atoms with Gasteiger partial charge in [0.2, 0.25) is 0 Å². The van der Waals surface area contributed by atoms with Crippen molar-refractivity contribution < 1.29 is 9.90 Å². The molecule has 0 radical (unpaired) electrons. The summed E-state index contributed by atoms with van der Waals surface area (Å²) in [6.07, 6.45) is 0. The van der Waals surface area contributed by atoms with E-state index in [4.69, 9.17) is 10.4 Å². The molecule has 0 unspecified atom stereocenters. The number of nitriles is 1. The number of nitrogens with zero attached hydrogens (tertiary/aromatic N) is 1. The largest absolute Gasteiger partial charge is 0.478 e. The Morgan fingerprint density at radius 1 is 1.25 bits per heavy atom. The molecular formula is C16H14N2O2. The summed E-state index contributed by atoms with van der Waals surface area (Å²) in [6, 6.07) is 14.6. The van der Waals surface area contributed by atoms with Crippen LogP contribution >= 0.6 is 0 Å². The van der Waals surface area contributed by atoms with Crippen LogP contribution in [0, 0.1) is 18.3 Å². The SMILES string of the molecule is Cc1cc(NCc2ccc(C#N)cc2)ccc1C(=O)O. The molecule has 2 aromatic carbocycles. The summed E-state index contributed by atoms with van der Waals surface area (Å²) in [4.78, 5) is 10.9. The normalized spacial score (nSPS) is 9.80. The van der Waals surface area contributed by atoms with E-state index in [-0.39, 0.29) is 0 Å². The molecule has 2 N–H and O–H groups in total. The van der Waals surface area contributed by atoms with Crippen molar-refractivity contribution in [3.63, 3.8) is 0 Å². The number of hydrogen-bond acceptors (Lipinski definition) is 3. The van der Waals surface area contributed by atoms with Gasteiger partial charge < -0.3 is 10.4 Å². The Kier molecular flexibility index (Phi) is 4.02. The Bertz CT molecular complexity index is 670. The summed E-state index contributed by atoms with van der Waals surface area (Å²) in [7, 11) is 0. The van der Waals surface area contributed by atoms with E-state index in [1.165, 1.54) is 0 Å². The highest BCUT2D eigenvalue weighted by molar-refractivity contribution is 5.89. The fourth-order valence-electron chi connectivity index (χ4n) is 1.91. The van der Waals surface area contributed by atoms with E-state index >= 15 is 0 Å². The van der Waals surface area contributed by atoms with Gasteiger partial charge in [-0.3, -0.25) is 0 Å². The molecule has 4 heteroatoms. The molecule has 0 fully saturated rings. The molecule has 2 aromatic rings. The van der Waals surface area contributed by atoms with Crippen LogP contribution in [0.2, 0.25) is 0 Å². The van der Waals surface area contributed by atoms with Crippen molar-refractivity contribution in [2.75, 3.05) is 5.32 Å². The summed E-state index contributed by atoms with van der Waals surface area (Å²) in [5.74, 6) is -0.916. The highest BCUT2D eigenvalue weighted by atomic mass is 16.4. The summed E-state index contributed by atoms with van der Waals surface area (Å²) in [6.45, 7) is 2.40. The van der Waals surface area contributed by atoms with Gasteiger partial charge >= 0.3 is 5.97 Å². The Labute approximate surface area is 117 Å². The molecule has 0 aliphatic carbocycles. The molecule has 0 aliphatic heterocycles. The molecule has 100 valence electrons. The summed E-state index contributed by atoms with van der Waals surface area (Å²) < 4.78 is 0. The van der Waals surface area contributed by atoms with Gasteiger partial charge in [0.25, 0.3) is 0 Å². The van der Waals surface area contributed by atoms with Gasteiger partial charge in [-0.1, -0.05) is 12.1 Å². The van der Waals surface area contributed by atoms with Crippen LogP contribution < -0.4 is 5.32 Å². The summed E-state index contributed by atoms with van der Waals surface area (Å²) in [5.41, 5.74) is 3.60. The highest BCUT2D eigenvalue weighted by Crippen LogP contribution is 2.16. The minimum Gasteiger partial charge on any atom is -0.478 e. The molecule has 0 aromatic heterocycles. The lowest BCUT2D eigenvalue weighted by atomic mass is 10.1. The number of benzene rings is 2. The average molecular weight is 266 g/mol. The maximum atomic E-state index is 10.9. The number of carbonyl (C=O) groups is 1. The number of aromatic carboxylic acids is 1. The van der Waals surface area contributed by atoms with Gasteiger partial charge in [0.15, 0.2) is 0 Å².